The number of rotatable bonds is 4. The van der Waals surface area contributed by atoms with Crippen molar-refractivity contribution in [2.75, 3.05) is 20.7 Å². The highest BCUT2D eigenvalue weighted by Crippen LogP contribution is 2.11. The van der Waals surface area contributed by atoms with Crippen molar-refractivity contribution in [2.24, 2.45) is 0 Å². The first-order valence-corrected chi connectivity index (χ1v) is 5.27. The fourth-order valence-corrected chi connectivity index (χ4v) is 1.83. The molecule has 4 nitrogen and oxygen atoms in total. The maximum absolute atomic E-state index is 11.3. The minimum Gasteiger partial charge on any atom is -0.461 e. The Labute approximate surface area is 87.5 Å². The van der Waals surface area contributed by atoms with E-state index >= 15 is 0 Å². The zero-order valence-electron chi connectivity index (χ0n) is 8.61. The number of thiazole rings is 1. The number of carbonyl (C=O) groups excluding carboxylic acids is 1. The normalized spacial score (nSPS) is 10.6. The maximum atomic E-state index is 11.3. The second kappa shape index (κ2) is 5.07. The molecule has 14 heavy (non-hydrogen) atoms. The summed E-state index contributed by atoms with van der Waals surface area (Å²) in [5.74, 6) is -0.339. The molecule has 0 spiro atoms. The second-order valence-corrected chi connectivity index (χ2v) is 4.03. The molecule has 0 aromatic carbocycles. The van der Waals surface area contributed by atoms with Gasteiger partial charge in [-0.3, -0.25) is 0 Å². The van der Waals surface area contributed by atoms with Crippen LogP contribution in [-0.4, -0.2) is 36.6 Å². The van der Waals surface area contributed by atoms with Crippen molar-refractivity contribution in [2.45, 2.75) is 13.5 Å². The number of esters is 1. The van der Waals surface area contributed by atoms with E-state index in [2.05, 4.69) is 4.98 Å². The topological polar surface area (TPSA) is 42.4 Å². The first kappa shape index (κ1) is 11.1. The second-order valence-electron chi connectivity index (χ2n) is 3.08. The largest absolute Gasteiger partial charge is 0.461 e. The summed E-state index contributed by atoms with van der Waals surface area (Å²) in [6, 6.07) is 0. The van der Waals surface area contributed by atoms with Gasteiger partial charge in [-0.2, -0.15) is 0 Å². The summed E-state index contributed by atoms with van der Waals surface area (Å²) < 4.78 is 4.84. The van der Waals surface area contributed by atoms with E-state index in [1.165, 1.54) is 11.3 Å². The van der Waals surface area contributed by atoms with E-state index in [1.807, 2.05) is 19.0 Å². The van der Waals surface area contributed by atoms with E-state index < -0.39 is 0 Å². The molecule has 0 saturated heterocycles. The Morgan fingerprint density at radius 1 is 1.64 bits per heavy atom. The van der Waals surface area contributed by atoms with Crippen molar-refractivity contribution >= 4 is 17.3 Å². The van der Waals surface area contributed by atoms with Crippen LogP contribution in [0, 0.1) is 0 Å². The maximum Gasteiger partial charge on any atom is 0.357 e. The number of aromatic nitrogens is 1. The fourth-order valence-electron chi connectivity index (χ4n) is 0.953. The van der Waals surface area contributed by atoms with Crippen LogP contribution in [0.4, 0.5) is 0 Å². The summed E-state index contributed by atoms with van der Waals surface area (Å²) in [6.07, 6.45) is 0. The summed E-state index contributed by atoms with van der Waals surface area (Å²) in [5, 5.41) is 2.66. The van der Waals surface area contributed by atoms with Gasteiger partial charge in [-0.15, -0.1) is 11.3 Å². The molecule has 78 valence electrons. The highest BCUT2D eigenvalue weighted by molar-refractivity contribution is 7.09. The van der Waals surface area contributed by atoms with Crippen molar-refractivity contribution in [1.82, 2.24) is 9.88 Å². The third-order valence-electron chi connectivity index (χ3n) is 1.49. The summed E-state index contributed by atoms with van der Waals surface area (Å²) in [7, 11) is 3.93. The molecule has 0 aliphatic heterocycles. The highest BCUT2D eigenvalue weighted by atomic mass is 32.1. The molecule has 0 aliphatic carbocycles. The van der Waals surface area contributed by atoms with Crippen LogP contribution >= 0.6 is 11.3 Å². The Kier molecular flexibility index (Phi) is 4.03. The summed E-state index contributed by atoms with van der Waals surface area (Å²) in [5.41, 5.74) is 0.411. The van der Waals surface area contributed by atoms with Gasteiger partial charge in [0.25, 0.3) is 0 Å². The van der Waals surface area contributed by atoms with Crippen LogP contribution in [0.1, 0.15) is 22.4 Å². The number of hydrogen-bond donors (Lipinski definition) is 0. The number of ether oxygens (including phenoxy) is 1. The molecular formula is C9H14N2O2S. The summed E-state index contributed by atoms with van der Waals surface area (Å²) >= 11 is 1.48. The molecule has 0 bridgehead atoms. The molecule has 1 aromatic heterocycles. The van der Waals surface area contributed by atoms with Gasteiger partial charge in [-0.1, -0.05) is 0 Å². The number of nitrogens with zero attached hydrogens (tertiary/aromatic N) is 2. The fraction of sp³-hybridized carbons (Fsp3) is 0.556. The standard InChI is InChI=1S/C9H14N2O2S/c1-4-13-9(12)7-6-14-8(10-7)5-11(2)3/h6H,4-5H2,1-3H3. The molecular weight excluding hydrogens is 200 g/mol. The van der Waals surface area contributed by atoms with Gasteiger partial charge in [0, 0.05) is 11.9 Å². The monoisotopic (exact) mass is 214 g/mol. The lowest BCUT2D eigenvalue weighted by Crippen LogP contribution is -2.11. The molecule has 1 heterocycles. The average molecular weight is 214 g/mol. The van der Waals surface area contributed by atoms with Crippen LogP contribution in [0.2, 0.25) is 0 Å². The van der Waals surface area contributed by atoms with E-state index in [1.54, 1.807) is 12.3 Å². The summed E-state index contributed by atoms with van der Waals surface area (Å²) in [6.45, 7) is 2.93. The van der Waals surface area contributed by atoms with Gasteiger partial charge in [-0.05, 0) is 21.0 Å². The first-order chi connectivity index (χ1) is 6.63. The predicted octanol–water partition coefficient (Wildman–Crippen LogP) is 1.38. The average Bonchev–Trinajstić information content (AvgIpc) is 2.52. The van der Waals surface area contributed by atoms with Crippen molar-refractivity contribution in [1.29, 1.82) is 0 Å². The predicted molar refractivity (Wildman–Crippen MR) is 55.5 cm³/mol. The Bertz CT molecular complexity index is 310. The van der Waals surface area contributed by atoms with Crippen LogP contribution in [0.15, 0.2) is 5.38 Å². The number of carbonyl (C=O) groups is 1. The number of hydrogen-bond acceptors (Lipinski definition) is 5. The van der Waals surface area contributed by atoms with E-state index in [4.69, 9.17) is 4.74 Å². The molecule has 0 amide bonds. The Hall–Kier alpha value is -0.940. The van der Waals surface area contributed by atoms with Crippen molar-refractivity contribution in [3.05, 3.63) is 16.1 Å². The van der Waals surface area contributed by atoms with Crippen LogP contribution in [-0.2, 0) is 11.3 Å². The molecule has 0 radical (unpaired) electrons. The van der Waals surface area contributed by atoms with Gasteiger partial charge in [0.1, 0.15) is 5.01 Å². The minimum absolute atomic E-state index is 0.339. The third kappa shape index (κ3) is 3.08. The lowest BCUT2D eigenvalue weighted by Gasteiger charge is -2.04. The Balaban J connectivity index is 2.63. The van der Waals surface area contributed by atoms with Gasteiger partial charge < -0.3 is 9.64 Å². The van der Waals surface area contributed by atoms with Gasteiger partial charge >= 0.3 is 5.97 Å². The van der Waals surface area contributed by atoms with E-state index in [-0.39, 0.29) is 5.97 Å². The van der Waals surface area contributed by atoms with Crippen molar-refractivity contribution < 1.29 is 9.53 Å². The molecule has 0 N–H and O–H groups in total. The van der Waals surface area contributed by atoms with E-state index in [9.17, 15) is 4.79 Å². The molecule has 1 rings (SSSR count). The zero-order chi connectivity index (χ0) is 10.6. The minimum atomic E-state index is -0.339. The van der Waals surface area contributed by atoms with Crippen molar-refractivity contribution in [3.8, 4) is 0 Å². The lowest BCUT2D eigenvalue weighted by atomic mass is 10.5. The van der Waals surface area contributed by atoms with Gasteiger partial charge in [0.15, 0.2) is 5.69 Å². The van der Waals surface area contributed by atoms with E-state index in [0.717, 1.165) is 11.6 Å². The van der Waals surface area contributed by atoms with Crippen LogP contribution in [0.25, 0.3) is 0 Å². The van der Waals surface area contributed by atoms with Gasteiger partial charge in [-0.25, -0.2) is 9.78 Å². The Morgan fingerprint density at radius 3 is 2.93 bits per heavy atom. The zero-order valence-corrected chi connectivity index (χ0v) is 9.43. The first-order valence-electron chi connectivity index (χ1n) is 4.39. The van der Waals surface area contributed by atoms with Crippen molar-refractivity contribution in [3.63, 3.8) is 0 Å². The molecule has 0 aliphatic rings. The quantitative estimate of drug-likeness (QED) is 0.710. The van der Waals surface area contributed by atoms with Crippen LogP contribution < -0.4 is 0 Å². The molecule has 0 saturated carbocycles. The van der Waals surface area contributed by atoms with Gasteiger partial charge in [0.05, 0.1) is 6.61 Å². The molecule has 0 unspecified atom stereocenters. The summed E-state index contributed by atoms with van der Waals surface area (Å²) in [4.78, 5) is 17.4. The molecule has 0 atom stereocenters. The highest BCUT2D eigenvalue weighted by Gasteiger charge is 2.11. The molecule has 1 aromatic rings. The third-order valence-corrected chi connectivity index (χ3v) is 2.32. The molecule has 0 fully saturated rings. The Morgan fingerprint density at radius 2 is 2.36 bits per heavy atom. The lowest BCUT2D eigenvalue weighted by molar-refractivity contribution is 0.0520. The van der Waals surface area contributed by atoms with Crippen LogP contribution in [0.5, 0.6) is 0 Å². The van der Waals surface area contributed by atoms with E-state index in [0.29, 0.717) is 12.3 Å². The SMILES string of the molecule is CCOC(=O)c1csc(CN(C)C)n1. The van der Waals surface area contributed by atoms with Crippen LogP contribution in [0.3, 0.4) is 0 Å². The van der Waals surface area contributed by atoms with Gasteiger partial charge in [0.2, 0.25) is 0 Å². The smallest absolute Gasteiger partial charge is 0.357 e. The molecule has 5 heteroatoms.